The van der Waals surface area contributed by atoms with Gasteiger partial charge in [0.25, 0.3) is 5.91 Å². The molecule has 1 spiro atoms. The van der Waals surface area contributed by atoms with E-state index in [2.05, 4.69) is 0 Å². The van der Waals surface area contributed by atoms with E-state index >= 15 is 0 Å². The fourth-order valence-corrected chi connectivity index (χ4v) is 6.89. The standard InChI is InChI=1S/C30H37ClN2O6/c1-4-19(2)22(18-34)33-25-27(36)32(21-12-10-20(31)11-13-21)16-9-15-30(25)23(26(33)35)24-28(37)38-17-8-6-5-7-14-29(24,3)39-30/h7,9-15,19,22-25,34H,4-6,8,16-18H2,1-3H3/b14-7-/t19-,22-,23-,24+,25?,29-,30-/m0/s1. The SMILES string of the molecule is CC[C@H](C)[C@H](CO)N1C(=O)[C@@H]2[C@@H]3C(=O)OCCCC/C=C\[C@]3(C)O[C@@]23C=CCN(c2ccc(Cl)cc2)C(=O)C13. The molecule has 4 aliphatic heterocycles. The Balaban J connectivity index is 1.68. The Hall–Kier alpha value is -2.68. The number of rotatable bonds is 5. The average molecular weight is 557 g/mol. The molecule has 0 aromatic heterocycles. The number of esters is 1. The maximum atomic E-state index is 14.5. The van der Waals surface area contributed by atoms with Crippen LogP contribution in [0, 0.1) is 17.8 Å². The zero-order valence-electron chi connectivity index (χ0n) is 22.7. The van der Waals surface area contributed by atoms with Gasteiger partial charge in [-0.2, -0.15) is 0 Å². The van der Waals surface area contributed by atoms with Crippen LogP contribution >= 0.6 is 11.6 Å². The number of aliphatic hydroxyl groups excluding tert-OH is 1. The number of benzene rings is 1. The lowest BCUT2D eigenvalue weighted by atomic mass is 9.74. The summed E-state index contributed by atoms with van der Waals surface area (Å²) >= 11 is 6.11. The number of fused-ring (bicyclic) bond motifs is 2. The number of likely N-dealkylation sites (tertiary alicyclic amines) is 1. The number of amides is 2. The second-order valence-electron chi connectivity index (χ2n) is 11.3. The lowest BCUT2D eigenvalue weighted by molar-refractivity contribution is -0.160. The molecule has 4 heterocycles. The minimum Gasteiger partial charge on any atom is -0.465 e. The molecule has 1 N–H and O–H groups in total. The molecule has 0 saturated carbocycles. The highest BCUT2D eigenvalue weighted by Crippen LogP contribution is 2.58. The Kier molecular flexibility index (Phi) is 7.65. The van der Waals surface area contributed by atoms with Gasteiger partial charge in [0.05, 0.1) is 30.8 Å². The van der Waals surface area contributed by atoms with Crippen LogP contribution in [0.15, 0.2) is 48.6 Å². The van der Waals surface area contributed by atoms with E-state index in [4.69, 9.17) is 21.1 Å². The van der Waals surface area contributed by atoms with Gasteiger partial charge in [0, 0.05) is 17.3 Å². The molecule has 0 aliphatic carbocycles. The van der Waals surface area contributed by atoms with E-state index in [-0.39, 0.29) is 37.5 Å². The normalized spacial score (nSPS) is 35.0. The topological polar surface area (TPSA) is 96.4 Å². The van der Waals surface area contributed by atoms with Crippen LogP contribution in [0.3, 0.4) is 0 Å². The highest BCUT2D eigenvalue weighted by atomic mass is 35.5. The Morgan fingerprint density at radius 1 is 1.08 bits per heavy atom. The monoisotopic (exact) mass is 556 g/mol. The van der Waals surface area contributed by atoms with Gasteiger partial charge < -0.3 is 24.4 Å². The molecule has 0 radical (unpaired) electrons. The molecule has 2 saturated heterocycles. The first-order valence-corrected chi connectivity index (χ1v) is 14.3. The molecule has 4 aliphatic rings. The van der Waals surface area contributed by atoms with E-state index in [0.717, 1.165) is 19.3 Å². The zero-order valence-corrected chi connectivity index (χ0v) is 23.5. The molecule has 1 aromatic carbocycles. The Morgan fingerprint density at radius 2 is 1.82 bits per heavy atom. The number of carbonyl (C=O) groups is 3. The van der Waals surface area contributed by atoms with E-state index in [1.54, 1.807) is 42.2 Å². The van der Waals surface area contributed by atoms with Crippen molar-refractivity contribution in [1.82, 2.24) is 4.90 Å². The van der Waals surface area contributed by atoms with Gasteiger partial charge in [0.2, 0.25) is 5.91 Å². The van der Waals surface area contributed by atoms with Crippen molar-refractivity contribution in [3.63, 3.8) is 0 Å². The van der Waals surface area contributed by atoms with E-state index < -0.39 is 41.1 Å². The fourth-order valence-electron chi connectivity index (χ4n) is 6.76. The van der Waals surface area contributed by atoms with Gasteiger partial charge in [-0.1, -0.05) is 56.2 Å². The molecule has 210 valence electrons. The van der Waals surface area contributed by atoms with Gasteiger partial charge in [0.1, 0.15) is 17.6 Å². The number of anilines is 1. The van der Waals surface area contributed by atoms with Crippen LogP contribution in [0.25, 0.3) is 0 Å². The molecule has 2 amide bonds. The largest absolute Gasteiger partial charge is 0.465 e. The summed E-state index contributed by atoms with van der Waals surface area (Å²) in [7, 11) is 0. The quantitative estimate of drug-likeness (QED) is 0.436. The molecular weight excluding hydrogens is 520 g/mol. The molecule has 8 nitrogen and oxygen atoms in total. The molecule has 0 bridgehead atoms. The molecule has 2 fully saturated rings. The molecule has 39 heavy (non-hydrogen) atoms. The Bertz CT molecular complexity index is 1180. The van der Waals surface area contributed by atoms with Crippen LogP contribution in [0.5, 0.6) is 0 Å². The summed E-state index contributed by atoms with van der Waals surface area (Å²) in [5.41, 5.74) is -1.93. The van der Waals surface area contributed by atoms with Crippen molar-refractivity contribution in [2.75, 3.05) is 24.7 Å². The number of aliphatic hydroxyl groups is 1. The number of carbonyl (C=O) groups excluding carboxylic acids is 3. The van der Waals surface area contributed by atoms with Crippen molar-refractivity contribution < 1.29 is 29.0 Å². The van der Waals surface area contributed by atoms with Crippen molar-refractivity contribution in [3.8, 4) is 0 Å². The zero-order chi connectivity index (χ0) is 27.9. The smallest absolute Gasteiger partial charge is 0.313 e. The van der Waals surface area contributed by atoms with Crippen molar-refractivity contribution in [3.05, 3.63) is 53.6 Å². The number of halogens is 1. The van der Waals surface area contributed by atoms with Crippen LogP contribution in [-0.2, 0) is 23.9 Å². The predicted molar refractivity (Wildman–Crippen MR) is 147 cm³/mol. The number of cyclic esters (lactones) is 1. The average Bonchev–Trinajstić information content (AvgIpc) is 3.24. The highest BCUT2D eigenvalue weighted by molar-refractivity contribution is 6.30. The molecular formula is C30H37ClN2O6. The summed E-state index contributed by atoms with van der Waals surface area (Å²) in [4.78, 5) is 45.8. The summed E-state index contributed by atoms with van der Waals surface area (Å²) in [6.45, 7) is 5.95. The van der Waals surface area contributed by atoms with Crippen LogP contribution in [0.2, 0.25) is 5.02 Å². The Morgan fingerprint density at radius 3 is 2.51 bits per heavy atom. The van der Waals surface area contributed by atoms with Gasteiger partial charge in [-0.3, -0.25) is 14.4 Å². The van der Waals surface area contributed by atoms with Crippen LogP contribution < -0.4 is 4.90 Å². The van der Waals surface area contributed by atoms with Gasteiger partial charge in [-0.05, 0) is 56.4 Å². The van der Waals surface area contributed by atoms with Crippen molar-refractivity contribution in [2.45, 2.75) is 69.7 Å². The van der Waals surface area contributed by atoms with E-state index in [9.17, 15) is 19.5 Å². The third-order valence-corrected chi connectivity index (χ3v) is 9.17. The molecule has 5 rings (SSSR count). The fraction of sp³-hybridized carbons (Fsp3) is 0.567. The Labute approximate surface area is 234 Å². The first-order chi connectivity index (χ1) is 18.7. The first-order valence-electron chi connectivity index (χ1n) is 13.9. The minimum atomic E-state index is -1.41. The van der Waals surface area contributed by atoms with Crippen LogP contribution in [0.4, 0.5) is 5.69 Å². The second kappa shape index (κ2) is 10.7. The third kappa shape index (κ3) is 4.50. The molecule has 9 heteroatoms. The van der Waals surface area contributed by atoms with E-state index in [1.807, 2.05) is 32.1 Å². The maximum absolute atomic E-state index is 14.5. The van der Waals surface area contributed by atoms with Gasteiger partial charge in [0.15, 0.2) is 0 Å². The molecule has 7 atom stereocenters. The second-order valence-corrected chi connectivity index (χ2v) is 11.7. The van der Waals surface area contributed by atoms with E-state index in [1.165, 1.54) is 4.90 Å². The summed E-state index contributed by atoms with van der Waals surface area (Å²) in [6, 6.07) is 5.25. The first kappa shape index (κ1) is 27.9. The number of allylic oxidation sites excluding steroid dienone is 1. The van der Waals surface area contributed by atoms with Crippen molar-refractivity contribution in [2.24, 2.45) is 17.8 Å². The number of hydrogen-bond acceptors (Lipinski definition) is 6. The summed E-state index contributed by atoms with van der Waals surface area (Å²) in [5, 5.41) is 11.1. The highest BCUT2D eigenvalue weighted by Gasteiger charge is 2.75. The molecule has 1 unspecified atom stereocenters. The number of hydrogen-bond donors (Lipinski definition) is 1. The summed E-state index contributed by atoms with van der Waals surface area (Å²) in [5.74, 6) is -3.21. The van der Waals surface area contributed by atoms with Gasteiger partial charge in [-0.25, -0.2) is 0 Å². The van der Waals surface area contributed by atoms with Gasteiger partial charge in [-0.15, -0.1) is 0 Å². The van der Waals surface area contributed by atoms with Crippen LogP contribution in [0.1, 0.15) is 46.5 Å². The maximum Gasteiger partial charge on any atom is 0.313 e. The predicted octanol–water partition coefficient (Wildman–Crippen LogP) is 3.90. The molecule has 1 aromatic rings. The number of ether oxygens (including phenoxy) is 2. The van der Waals surface area contributed by atoms with E-state index in [0.29, 0.717) is 17.1 Å². The van der Waals surface area contributed by atoms with Crippen molar-refractivity contribution >= 4 is 35.1 Å². The summed E-state index contributed by atoms with van der Waals surface area (Å²) < 4.78 is 12.5. The third-order valence-electron chi connectivity index (χ3n) is 8.92. The van der Waals surface area contributed by atoms with Crippen LogP contribution in [-0.4, -0.2) is 70.8 Å². The minimum absolute atomic E-state index is 0.0962. The van der Waals surface area contributed by atoms with Crippen molar-refractivity contribution in [1.29, 1.82) is 0 Å². The van der Waals surface area contributed by atoms with Gasteiger partial charge >= 0.3 is 5.97 Å². The lowest BCUT2D eigenvalue weighted by Crippen LogP contribution is -2.60. The number of nitrogens with zero attached hydrogens (tertiary/aromatic N) is 2. The summed E-state index contributed by atoms with van der Waals surface area (Å²) in [6.07, 6.45) is 10.6. The lowest BCUT2D eigenvalue weighted by Gasteiger charge is -2.41.